The third-order valence-corrected chi connectivity index (χ3v) is 4.43. The van der Waals surface area contributed by atoms with Gasteiger partial charge >= 0.3 is 0 Å². The van der Waals surface area contributed by atoms with Gasteiger partial charge in [0.05, 0.1) is 21.3 Å². The van der Waals surface area contributed by atoms with Crippen LogP contribution in [0.25, 0.3) is 10.2 Å². The molecule has 1 amide bonds. The monoisotopic (exact) mass is 276 g/mol. The molecule has 0 aliphatic carbocycles. The predicted octanol–water partition coefficient (Wildman–Crippen LogP) is 1.82. The summed E-state index contributed by atoms with van der Waals surface area (Å²) in [7, 11) is 0. The standard InChI is InChI=1S/C14H16N2O2S/c17-10-8-16(9-10)14(18)7-3-6-13-15-11-4-1-2-5-12(11)19-13/h1-2,4-5,10,17H,3,6-9H2. The molecule has 100 valence electrons. The van der Waals surface area contributed by atoms with Gasteiger partial charge in [0.2, 0.25) is 5.91 Å². The topological polar surface area (TPSA) is 53.4 Å². The number of benzene rings is 1. The van der Waals surface area contributed by atoms with E-state index in [1.54, 1.807) is 16.2 Å². The van der Waals surface area contributed by atoms with Crippen LogP contribution in [-0.4, -0.2) is 40.1 Å². The Labute approximate surface area is 115 Å². The molecule has 0 atom stereocenters. The maximum atomic E-state index is 11.7. The number of aliphatic hydroxyl groups excluding tert-OH is 1. The zero-order chi connectivity index (χ0) is 13.2. The number of nitrogens with zero attached hydrogens (tertiary/aromatic N) is 2. The number of aryl methyl sites for hydroxylation is 1. The van der Waals surface area contributed by atoms with E-state index in [0.29, 0.717) is 19.5 Å². The summed E-state index contributed by atoms with van der Waals surface area (Å²) in [5.41, 5.74) is 1.04. The maximum absolute atomic E-state index is 11.7. The zero-order valence-electron chi connectivity index (χ0n) is 10.6. The van der Waals surface area contributed by atoms with Gasteiger partial charge < -0.3 is 10.0 Å². The van der Waals surface area contributed by atoms with Crippen LogP contribution in [0.4, 0.5) is 0 Å². The van der Waals surface area contributed by atoms with Gasteiger partial charge in [0.25, 0.3) is 0 Å². The summed E-state index contributed by atoms with van der Waals surface area (Å²) in [5.74, 6) is 0.145. The summed E-state index contributed by atoms with van der Waals surface area (Å²) in [6, 6.07) is 8.10. The molecule has 3 rings (SSSR count). The van der Waals surface area contributed by atoms with Crippen LogP contribution in [0.2, 0.25) is 0 Å². The normalized spacial score (nSPS) is 15.7. The van der Waals surface area contributed by atoms with Crippen molar-refractivity contribution in [2.45, 2.75) is 25.4 Å². The molecule has 2 heterocycles. The lowest BCUT2D eigenvalue weighted by atomic mass is 10.1. The van der Waals surface area contributed by atoms with E-state index in [-0.39, 0.29) is 12.0 Å². The Morgan fingerprint density at radius 2 is 2.21 bits per heavy atom. The number of carbonyl (C=O) groups is 1. The van der Waals surface area contributed by atoms with Crippen LogP contribution in [0, 0.1) is 0 Å². The van der Waals surface area contributed by atoms with Crippen LogP contribution < -0.4 is 0 Å². The Morgan fingerprint density at radius 3 is 2.95 bits per heavy atom. The molecule has 4 nitrogen and oxygen atoms in total. The van der Waals surface area contributed by atoms with Crippen molar-refractivity contribution in [3.8, 4) is 0 Å². The largest absolute Gasteiger partial charge is 0.389 e. The van der Waals surface area contributed by atoms with Crippen LogP contribution in [-0.2, 0) is 11.2 Å². The Bertz CT molecular complexity index is 557. The Kier molecular flexibility index (Phi) is 3.48. The van der Waals surface area contributed by atoms with E-state index in [1.165, 1.54) is 4.70 Å². The second-order valence-corrected chi connectivity index (χ2v) is 6.00. The number of para-hydroxylation sites is 1. The molecule has 5 heteroatoms. The van der Waals surface area contributed by atoms with Crippen LogP contribution in [0.15, 0.2) is 24.3 Å². The van der Waals surface area contributed by atoms with Gasteiger partial charge in [-0.2, -0.15) is 0 Å². The van der Waals surface area contributed by atoms with Gasteiger partial charge in [0.1, 0.15) is 0 Å². The molecular weight excluding hydrogens is 260 g/mol. The third-order valence-electron chi connectivity index (χ3n) is 3.33. The minimum absolute atomic E-state index is 0.145. The number of fused-ring (bicyclic) bond motifs is 1. The van der Waals surface area contributed by atoms with Gasteiger partial charge in [-0.15, -0.1) is 11.3 Å². The molecule has 1 aromatic heterocycles. The molecule has 0 spiro atoms. The molecule has 0 bridgehead atoms. The fourth-order valence-corrected chi connectivity index (χ4v) is 3.24. The highest BCUT2D eigenvalue weighted by atomic mass is 32.1. The van der Waals surface area contributed by atoms with Crippen LogP contribution in [0.3, 0.4) is 0 Å². The van der Waals surface area contributed by atoms with E-state index in [0.717, 1.165) is 23.4 Å². The predicted molar refractivity (Wildman–Crippen MR) is 75.1 cm³/mol. The van der Waals surface area contributed by atoms with E-state index >= 15 is 0 Å². The van der Waals surface area contributed by atoms with Crippen LogP contribution >= 0.6 is 11.3 Å². The van der Waals surface area contributed by atoms with Gasteiger partial charge in [-0.3, -0.25) is 4.79 Å². The third kappa shape index (κ3) is 2.77. The van der Waals surface area contributed by atoms with Crippen molar-refractivity contribution in [1.82, 2.24) is 9.88 Å². The lowest BCUT2D eigenvalue weighted by Crippen LogP contribution is -2.53. The average molecular weight is 276 g/mol. The molecule has 1 aromatic carbocycles. The summed E-state index contributed by atoms with van der Waals surface area (Å²) in [5, 5.41) is 10.2. The molecule has 1 N–H and O–H groups in total. The molecule has 1 fully saturated rings. The molecule has 0 radical (unpaired) electrons. The smallest absolute Gasteiger partial charge is 0.222 e. The second-order valence-electron chi connectivity index (χ2n) is 4.88. The summed E-state index contributed by atoms with van der Waals surface area (Å²) >= 11 is 1.70. The van der Waals surface area contributed by atoms with E-state index in [4.69, 9.17) is 5.11 Å². The lowest BCUT2D eigenvalue weighted by molar-refractivity contribution is -0.141. The highest BCUT2D eigenvalue weighted by Crippen LogP contribution is 2.23. The number of hydrogen-bond acceptors (Lipinski definition) is 4. The van der Waals surface area contributed by atoms with Gasteiger partial charge in [-0.05, 0) is 25.0 Å². The van der Waals surface area contributed by atoms with Gasteiger partial charge in [-0.1, -0.05) is 12.1 Å². The molecule has 2 aromatic rings. The first-order valence-electron chi connectivity index (χ1n) is 6.52. The Morgan fingerprint density at radius 1 is 1.42 bits per heavy atom. The van der Waals surface area contributed by atoms with Crippen molar-refractivity contribution in [2.75, 3.05) is 13.1 Å². The van der Waals surface area contributed by atoms with Crippen molar-refractivity contribution in [3.05, 3.63) is 29.3 Å². The molecular formula is C14H16N2O2S. The molecule has 0 saturated carbocycles. The van der Waals surface area contributed by atoms with E-state index < -0.39 is 0 Å². The minimum Gasteiger partial charge on any atom is -0.389 e. The van der Waals surface area contributed by atoms with Crippen molar-refractivity contribution in [1.29, 1.82) is 0 Å². The fourth-order valence-electron chi connectivity index (χ4n) is 2.23. The first-order chi connectivity index (χ1) is 9.22. The number of amides is 1. The molecule has 0 unspecified atom stereocenters. The minimum atomic E-state index is -0.312. The number of likely N-dealkylation sites (tertiary alicyclic amines) is 1. The summed E-state index contributed by atoms with van der Waals surface area (Å²) < 4.78 is 1.20. The number of hydrogen-bond donors (Lipinski definition) is 1. The lowest BCUT2D eigenvalue weighted by Gasteiger charge is -2.35. The first-order valence-corrected chi connectivity index (χ1v) is 7.34. The summed E-state index contributed by atoms with van der Waals surface area (Å²) in [4.78, 5) is 18.0. The Hall–Kier alpha value is -1.46. The van der Waals surface area contributed by atoms with E-state index in [1.807, 2.05) is 18.2 Å². The zero-order valence-corrected chi connectivity index (χ0v) is 11.4. The molecule has 19 heavy (non-hydrogen) atoms. The maximum Gasteiger partial charge on any atom is 0.222 e. The van der Waals surface area contributed by atoms with Gasteiger partial charge in [0, 0.05) is 19.5 Å². The number of aromatic nitrogens is 1. The number of carbonyl (C=O) groups excluding carboxylic acids is 1. The molecule has 1 aliphatic heterocycles. The molecule has 1 aliphatic rings. The number of rotatable bonds is 4. The van der Waals surface area contributed by atoms with Crippen LogP contribution in [0.1, 0.15) is 17.8 Å². The van der Waals surface area contributed by atoms with E-state index in [2.05, 4.69) is 11.1 Å². The number of thiazole rings is 1. The molecule has 1 saturated heterocycles. The summed E-state index contributed by atoms with van der Waals surface area (Å²) in [6.45, 7) is 1.000. The summed E-state index contributed by atoms with van der Waals surface area (Å²) in [6.07, 6.45) is 1.91. The first kappa shape index (κ1) is 12.6. The van der Waals surface area contributed by atoms with Crippen molar-refractivity contribution in [3.63, 3.8) is 0 Å². The highest BCUT2D eigenvalue weighted by molar-refractivity contribution is 7.18. The number of aliphatic hydroxyl groups is 1. The highest BCUT2D eigenvalue weighted by Gasteiger charge is 2.27. The quantitative estimate of drug-likeness (QED) is 0.927. The van der Waals surface area contributed by atoms with Crippen molar-refractivity contribution < 1.29 is 9.90 Å². The van der Waals surface area contributed by atoms with Crippen molar-refractivity contribution >= 4 is 27.5 Å². The fraction of sp³-hybridized carbons (Fsp3) is 0.429. The van der Waals surface area contributed by atoms with E-state index in [9.17, 15) is 4.79 Å². The van der Waals surface area contributed by atoms with Crippen LogP contribution in [0.5, 0.6) is 0 Å². The SMILES string of the molecule is O=C(CCCc1nc2ccccc2s1)N1CC(O)C1. The van der Waals surface area contributed by atoms with Gasteiger partial charge in [0.15, 0.2) is 0 Å². The average Bonchev–Trinajstić information content (AvgIpc) is 2.77. The van der Waals surface area contributed by atoms with Gasteiger partial charge in [-0.25, -0.2) is 4.98 Å². The van der Waals surface area contributed by atoms with Crippen molar-refractivity contribution in [2.24, 2.45) is 0 Å². The number of β-amino-alcohol motifs (C(OH)–C–C–N with tert-alkyl or cyclic N) is 1. The Balaban J connectivity index is 1.50. The second kappa shape index (κ2) is 5.27.